The van der Waals surface area contributed by atoms with E-state index in [4.69, 9.17) is 5.11 Å². The molecule has 6 heteroatoms. The number of anilines is 1. The summed E-state index contributed by atoms with van der Waals surface area (Å²) in [6, 6.07) is 11.4. The molecule has 0 fully saturated rings. The zero-order valence-corrected chi connectivity index (χ0v) is 11.7. The number of carbonyl (C=O) groups excluding carboxylic acids is 2. The first-order valence-corrected chi connectivity index (χ1v) is 6.38. The number of benzene rings is 2. The lowest BCUT2D eigenvalue weighted by Crippen LogP contribution is -2.28. The number of ketones is 1. The molecule has 2 aromatic rings. The lowest BCUT2D eigenvalue weighted by Gasteiger charge is -2.16. The van der Waals surface area contributed by atoms with Crippen molar-refractivity contribution in [2.24, 2.45) is 0 Å². The van der Waals surface area contributed by atoms with Crippen molar-refractivity contribution in [1.82, 2.24) is 0 Å². The van der Waals surface area contributed by atoms with Gasteiger partial charge in [-0.05, 0) is 31.2 Å². The largest absolute Gasteiger partial charge is 0.478 e. The number of hydrogen-bond acceptors (Lipinski definition) is 4. The number of aromatic carboxylic acids is 1. The average Bonchev–Trinajstić information content (AvgIpc) is 2.53. The number of nitrogens with zero attached hydrogens (tertiary/aromatic N) is 1. The van der Waals surface area contributed by atoms with Crippen molar-refractivity contribution in [3.05, 3.63) is 65.2 Å². The van der Waals surface area contributed by atoms with Crippen molar-refractivity contribution < 1.29 is 24.7 Å². The van der Waals surface area contributed by atoms with Gasteiger partial charge in [-0.2, -0.15) is 5.06 Å². The zero-order valence-electron chi connectivity index (χ0n) is 11.7. The molecule has 0 aromatic heterocycles. The predicted molar refractivity (Wildman–Crippen MR) is 78.4 cm³/mol. The summed E-state index contributed by atoms with van der Waals surface area (Å²) in [5.74, 6) is -2.37. The second kappa shape index (κ2) is 6.19. The average molecular weight is 299 g/mol. The van der Waals surface area contributed by atoms with E-state index in [1.54, 1.807) is 6.07 Å². The minimum Gasteiger partial charge on any atom is -0.478 e. The van der Waals surface area contributed by atoms with Crippen molar-refractivity contribution in [1.29, 1.82) is 0 Å². The second-order valence-electron chi connectivity index (χ2n) is 4.57. The zero-order chi connectivity index (χ0) is 16.3. The maximum atomic E-state index is 12.3. The van der Waals surface area contributed by atoms with Gasteiger partial charge in [0, 0.05) is 5.56 Å². The first kappa shape index (κ1) is 15.4. The molecule has 0 aliphatic carbocycles. The maximum absolute atomic E-state index is 12.3. The van der Waals surface area contributed by atoms with Crippen LogP contribution in [0.5, 0.6) is 0 Å². The highest BCUT2D eigenvalue weighted by Gasteiger charge is 2.22. The molecule has 6 nitrogen and oxygen atoms in total. The number of hydrogen-bond donors (Lipinski definition) is 2. The van der Waals surface area contributed by atoms with Crippen LogP contribution in [0.2, 0.25) is 0 Å². The van der Waals surface area contributed by atoms with Gasteiger partial charge < -0.3 is 5.11 Å². The van der Waals surface area contributed by atoms with Gasteiger partial charge in [0.2, 0.25) is 0 Å². The third-order valence-corrected chi connectivity index (χ3v) is 3.08. The van der Waals surface area contributed by atoms with Gasteiger partial charge in [0.1, 0.15) is 0 Å². The molecular weight excluding hydrogens is 286 g/mol. The Bertz CT molecular complexity index is 754. The van der Waals surface area contributed by atoms with Gasteiger partial charge in [-0.1, -0.05) is 24.3 Å². The van der Waals surface area contributed by atoms with Crippen LogP contribution >= 0.6 is 0 Å². The SMILES string of the molecule is CC(=O)c1cccc(N(O)C(=O)c2ccccc2C(=O)O)c1. The Kier molecular flexibility index (Phi) is 4.33. The van der Waals surface area contributed by atoms with Gasteiger partial charge >= 0.3 is 5.97 Å². The number of Topliss-reactive ketones (excluding diaryl/α,β-unsaturated/α-hetero) is 1. The standard InChI is InChI=1S/C16H13NO5/c1-10(18)11-5-4-6-12(9-11)17(22)15(19)13-7-2-3-8-14(13)16(20)21/h2-9,22H,1H3,(H,20,21). The highest BCUT2D eigenvalue weighted by molar-refractivity contribution is 6.11. The molecule has 2 aromatic carbocycles. The first-order chi connectivity index (χ1) is 10.4. The molecule has 0 heterocycles. The van der Waals surface area contributed by atoms with E-state index in [1.807, 2.05) is 0 Å². The quantitative estimate of drug-likeness (QED) is 0.514. The van der Waals surface area contributed by atoms with E-state index in [2.05, 4.69) is 0 Å². The number of rotatable bonds is 4. The summed E-state index contributed by atoms with van der Waals surface area (Å²) in [6.45, 7) is 1.36. The van der Waals surface area contributed by atoms with Crippen LogP contribution in [0.15, 0.2) is 48.5 Å². The fourth-order valence-electron chi connectivity index (χ4n) is 1.94. The fraction of sp³-hybridized carbons (Fsp3) is 0.0625. The highest BCUT2D eigenvalue weighted by atomic mass is 16.5. The molecule has 0 atom stereocenters. The van der Waals surface area contributed by atoms with E-state index in [-0.39, 0.29) is 22.6 Å². The Morgan fingerprint density at radius 3 is 2.18 bits per heavy atom. The first-order valence-electron chi connectivity index (χ1n) is 6.38. The van der Waals surface area contributed by atoms with Crippen LogP contribution in [0.3, 0.4) is 0 Å². The van der Waals surface area contributed by atoms with Crippen LogP contribution in [-0.4, -0.2) is 28.0 Å². The smallest absolute Gasteiger partial charge is 0.336 e. The van der Waals surface area contributed by atoms with Crippen LogP contribution in [-0.2, 0) is 0 Å². The number of amides is 1. The summed E-state index contributed by atoms with van der Waals surface area (Å²) in [5.41, 5.74) is 0.0498. The topological polar surface area (TPSA) is 94.9 Å². The molecule has 2 rings (SSSR count). The van der Waals surface area contributed by atoms with E-state index < -0.39 is 11.9 Å². The molecule has 0 saturated carbocycles. The molecule has 0 aliphatic rings. The Hall–Kier alpha value is -2.99. The van der Waals surface area contributed by atoms with Crippen molar-refractivity contribution >= 4 is 23.3 Å². The summed E-state index contributed by atoms with van der Waals surface area (Å²) in [7, 11) is 0. The molecule has 22 heavy (non-hydrogen) atoms. The summed E-state index contributed by atoms with van der Waals surface area (Å²) in [6.07, 6.45) is 0. The van der Waals surface area contributed by atoms with Crippen LogP contribution in [0.25, 0.3) is 0 Å². The van der Waals surface area contributed by atoms with Crippen molar-refractivity contribution in [3.8, 4) is 0 Å². The van der Waals surface area contributed by atoms with Crippen LogP contribution in [0.4, 0.5) is 5.69 Å². The molecular formula is C16H13NO5. The molecule has 1 amide bonds. The van der Waals surface area contributed by atoms with E-state index in [0.717, 1.165) is 0 Å². The molecule has 2 N–H and O–H groups in total. The Morgan fingerprint density at radius 1 is 0.955 bits per heavy atom. The van der Waals surface area contributed by atoms with Crippen LogP contribution in [0.1, 0.15) is 38.0 Å². The van der Waals surface area contributed by atoms with Crippen LogP contribution < -0.4 is 5.06 Å². The fourth-order valence-corrected chi connectivity index (χ4v) is 1.94. The van der Waals surface area contributed by atoms with Crippen molar-refractivity contribution in [2.45, 2.75) is 6.92 Å². The summed E-state index contributed by atoms with van der Waals surface area (Å²) in [4.78, 5) is 34.8. The summed E-state index contributed by atoms with van der Waals surface area (Å²) < 4.78 is 0. The minimum absolute atomic E-state index is 0.0814. The second-order valence-corrected chi connectivity index (χ2v) is 4.57. The molecule has 0 unspecified atom stereocenters. The minimum atomic E-state index is -1.27. The molecule has 0 bridgehead atoms. The highest BCUT2D eigenvalue weighted by Crippen LogP contribution is 2.19. The summed E-state index contributed by atoms with van der Waals surface area (Å²) >= 11 is 0. The van der Waals surface area contributed by atoms with Gasteiger partial charge in [-0.3, -0.25) is 14.8 Å². The van der Waals surface area contributed by atoms with E-state index in [0.29, 0.717) is 10.6 Å². The van der Waals surface area contributed by atoms with E-state index >= 15 is 0 Å². The third-order valence-electron chi connectivity index (χ3n) is 3.08. The van der Waals surface area contributed by atoms with Gasteiger partial charge in [-0.15, -0.1) is 0 Å². The molecule has 0 saturated heterocycles. The predicted octanol–water partition coefficient (Wildman–Crippen LogP) is 2.62. The Morgan fingerprint density at radius 2 is 1.59 bits per heavy atom. The van der Waals surface area contributed by atoms with E-state index in [9.17, 15) is 19.6 Å². The van der Waals surface area contributed by atoms with Crippen molar-refractivity contribution in [3.63, 3.8) is 0 Å². The Labute approximate surface area is 126 Å². The molecule has 0 radical (unpaired) electrons. The number of carboxylic acids is 1. The van der Waals surface area contributed by atoms with Crippen molar-refractivity contribution in [2.75, 3.05) is 5.06 Å². The summed E-state index contributed by atoms with van der Waals surface area (Å²) in [5, 5.41) is 19.4. The maximum Gasteiger partial charge on any atom is 0.336 e. The monoisotopic (exact) mass is 299 g/mol. The molecule has 0 aliphatic heterocycles. The van der Waals surface area contributed by atoms with E-state index in [1.165, 1.54) is 49.4 Å². The third kappa shape index (κ3) is 3.02. The lowest BCUT2D eigenvalue weighted by atomic mass is 10.1. The van der Waals surface area contributed by atoms with Crippen LogP contribution in [0, 0.1) is 0 Å². The van der Waals surface area contributed by atoms with Gasteiger partial charge in [-0.25, -0.2) is 4.79 Å². The van der Waals surface area contributed by atoms with Gasteiger partial charge in [0.15, 0.2) is 5.78 Å². The number of hydroxylamine groups is 1. The number of carbonyl (C=O) groups is 3. The molecule has 112 valence electrons. The molecule has 0 spiro atoms. The lowest BCUT2D eigenvalue weighted by molar-refractivity contribution is 0.0688. The number of carboxylic acid groups (broad SMARTS) is 1. The van der Waals surface area contributed by atoms with Gasteiger partial charge in [0.25, 0.3) is 5.91 Å². The normalized spacial score (nSPS) is 10.1. The Balaban J connectivity index is 2.40. The van der Waals surface area contributed by atoms with Gasteiger partial charge in [0.05, 0.1) is 16.8 Å².